The second kappa shape index (κ2) is 8.92. The summed E-state index contributed by atoms with van der Waals surface area (Å²) in [5, 5.41) is 5.36. The third-order valence-electron chi connectivity index (χ3n) is 3.81. The van der Waals surface area contributed by atoms with Crippen LogP contribution in [0.5, 0.6) is 11.5 Å². The van der Waals surface area contributed by atoms with Gasteiger partial charge in [-0.05, 0) is 43.3 Å². The zero-order valence-electron chi connectivity index (χ0n) is 15.3. The van der Waals surface area contributed by atoms with Crippen LogP contribution in [0.4, 0.5) is 5.13 Å². The molecule has 1 aromatic heterocycles. The maximum Gasteiger partial charge on any atom is 0.236 e. The molecule has 0 aliphatic carbocycles. The third kappa shape index (κ3) is 5.02. The van der Waals surface area contributed by atoms with Crippen LogP contribution in [-0.4, -0.2) is 30.9 Å². The molecule has 1 amide bonds. The second-order valence-electron chi connectivity index (χ2n) is 5.75. The normalized spacial score (nSPS) is 10.5. The SMILES string of the molecule is COc1ccc(SCC(=O)Nc2nc(-c3cc(C)ccc3OC)cs2)cc1. The molecule has 27 heavy (non-hydrogen) atoms. The largest absolute Gasteiger partial charge is 0.497 e. The lowest BCUT2D eigenvalue weighted by molar-refractivity contribution is -0.113. The first-order chi connectivity index (χ1) is 13.1. The molecule has 0 aliphatic heterocycles. The molecular formula is C20H20N2O3S2. The van der Waals surface area contributed by atoms with Gasteiger partial charge in [0.2, 0.25) is 5.91 Å². The van der Waals surface area contributed by atoms with Gasteiger partial charge in [0.15, 0.2) is 5.13 Å². The van der Waals surface area contributed by atoms with Gasteiger partial charge in [0.1, 0.15) is 11.5 Å². The highest BCUT2D eigenvalue weighted by molar-refractivity contribution is 8.00. The summed E-state index contributed by atoms with van der Waals surface area (Å²) in [6.07, 6.45) is 0. The number of nitrogens with one attached hydrogen (secondary N) is 1. The minimum absolute atomic E-state index is 0.0899. The number of aromatic nitrogens is 1. The van der Waals surface area contributed by atoms with Crippen molar-refractivity contribution in [1.29, 1.82) is 0 Å². The molecule has 3 rings (SSSR count). The Hall–Kier alpha value is -2.51. The van der Waals surface area contributed by atoms with E-state index in [0.717, 1.165) is 33.2 Å². The maximum atomic E-state index is 12.2. The van der Waals surface area contributed by atoms with Gasteiger partial charge in [-0.3, -0.25) is 4.79 Å². The minimum Gasteiger partial charge on any atom is -0.497 e. The number of nitrogens with zero attached hydrogens (tertiary/aromatic N) is 1. The third-order valence-corrected chi connectivity index (χ3v) is 5.58. The van der Waals surface area contributed by atoms with Crippen LogP contribution >= 0.6 is 23.1 Å². The van der Waals surface area contributed by atoms with E-state index >= 15 is 0 Å². The molecule has 0 bridgehead atoms. The molecule has 140 valence electrons. The lowest BCUT2D eigenvalue weighted by atomic mass is 10.1. The molecule has 0 saturated heterocycles. The molecule has 0 unspecified atom stereocenters. The molecular weight excluding hydrogens is 380 g/mol. The number of thiazole rings is 1. The van der Waals surface area contributed by atoms with Gasteiger partial charge < -0.3 is 14.8 Å². The molecule has 0 spiro atoms. The second-order valence-corrected chi connectivity index (χ2v) is 7.66. The summed E-state index contributed by atoms with van der Waals surface area (Å²) in [7, 11) is 3.27. The molecule has 1 heterocycles. The van der Waals surface area contributed by atoms with Gasteiger partial charge in [-0.2, -0.15) is 0 Å². The number of thioether (sulfide) groups is 1. The average molecular weight is 401 g/mol. The van der Waals surface area contributed by atoms with Crippen LogP contribution in [0.2, 0.25) is 0 Å². The molecule has 5 nitrogen and oxygen atoms in total. The van der Waals surface area contributed by atoms with Gasteiger partial charge in [-0.15, -0.1) is 23.1 Å². The lowest BCUT2D eigenvalue weighted by Crippen LogP contribution is -2.13. The van der Waals surface area contributed by atoms with E-state index in [1.807, 2.05) is 54.8 Å². The summed E-state index contributed by atoms with van der Waals surface area (Å²) in [5.41, 5.74) is 2.83. The Morgan fingerprint density at radius 3 is 2.63 bits per heavy atom. The zero-order chi connectivity index (χ0) is 19.2. The number of methoxy groups -OCH3 is 2. The van der Waals surface area contributed by atoms with Gasteiger partial charge in [0.25, 0.3) is 0 Å². The van der Waals surface area contributed by atoms with Crippen molar-refractivity contribution in [2.75, 3.05) is 25.3 Å². The maximum absolute atomic E-state index is 12.2. The van der Waals surface area contributed by atoms with E-state index in [9.17, 15) is 4.79 Å². The molecule has 2 aromatic carbocycles. The van der Waals surface area contributed by atoms with E-state index < -0.39 is 0 Å². The van der Waals surface area contributed by atoms with E-state index in [1.165, 1.54) is 23.1 Å². The van der Waals surface area contributed by atoms with Crippen molar-refractivity contribution in [2.24, 2.45) is 0 Å². The first-order valence-corrected chi connectivity index (χ1v) is 10.1. The number of hydrogen-bond acceptors (Lipinski definition) is 6. The van der Waals surface area contributed by atoms with Crippen molar-refractivity contribution in [3.63, 3.8) is 0 Å². The highest BCUT2D eigenvalue weighted by atomic mass is 32.2. The molecule has 0 fully saturated rings. The predicted molar refractivity (Wildman–Crippen MR) is 111 cm³/mol. The topological polar surface area (TPSA) is 60.5 Å². The van der Waals surface area contributed by atoms with Gasteiger partial charge in [0.05, 0.1) is 25.7 Å². The number of aryl methyl sites for hydroxylation is 1. The van der Waals surface area contributed by atoms with Gasteiger partial charge >= 0.3 is 0 Å². The van der Waals surface area contributed by atoms with Gasteiger partial charge in [0, 0.05) is 15.8 Å². The standard InChI is InChI=1S/C20H20N2O3S2/c1-13-4-9-18(25-3)16(10-13)17-11-27-20(21-17)22-19(23)12-26-15-7-5-14(24-2)6-8-15/h4-11H,12H2,1-3H3,(H,21,22,23). The summed E-state index contributed by atoms with van der Waals surface area (Å²) >= 11 is 2.87. The van der Waals surface area contributed by atoms with Crippen LogP contribution in [0.3, 0.4) is 0 Å². The van der Waals surface area contributed by atoms with Crippen molar-refractivity contribution < 1.29 is 14.3 Å². The van der Waals surface area contributed by atoms with Crippen LogP contribution in [0.25, 0.3) is 11.3 Å². The molecule has 0 radical (unpaired) electrons. The van der Waals surface area contributed by atoms with E-state index in [0.29, 0.717) is 10.9 Å². The molecule has 7 heteroatoms. The van der Waals surface area contributed by atoms with Crippen LogP contribution in [0, 0.1) is 6.92 Å². The minimum atomic E-state index is -0.0899. The molecule has 0 aliphatic rings. The van der Waals surface area contributed by atoms with Crippen LogP contribution in [0.1, 0.15) is 5.56 Å². The van der Waals surface area contributed by atoms with Gasteiger partial charge in [-0.25, -0.2) is 4.98 Å². The van der Waals surface area contributed by atoms with Gasteiger partial charge in [-0.1, -0.05) is 11.6 Å². The number of rotatable bonds is 7. The first kappa shape index (κ1) is 19.3. The highest BCUT2D eigenvalue weighted by Crippen LogP contribution is 2.33. The number of carbonyl (C=O) groups is 1. The Bertz CT molecular complexity index is 923. The Kier molecular flexibility index (Phi) is 6.36. The summed E-state index contributed by atoms with van der Waals surface area (Å²) < 4.78 is 10.5. The van der Waals surface area contributed by atoms with E-state index in [-0.39, 0.29) is 5.91 Å². The number of ether oxygens (including phenoxy) is 2. The fraction of sp³-hybridized carbons (Fsp3) is 0.200. The lowest BCUT2D eigenvalue weighted by Gasteiger charge is -2.07. The number of benzene rings is 2. The zero-order valence-corrected chi connectivity index (χ0v) is 16.9. The van der Waals surface area contributed by atoms with Crippen molar-refractivity contribution in [3.8, 4) is 22.8 Å². The smallest absolute Gasteiger partial charge is 0.236 e. The van der Waals surface area contributed by atoms with Crippen molar-refractivity contribution in [1.82, 2.24) is 4.98 Å². The Balaban J connectivity index is 1.61. The number of hydrogen-bond donors (Lipinski definition) is 1. The van der Waals surface area contributed by atoms with Crippen LogP contribution in [0.15, 0.2) is 52.7 Å². The quantitative estimate of drug-likeness (QED) is 0.574. The van der Waals surface area contributed by atoms with Crippen LogP contribution < -0.4 is 14.8 Å². The van der Waals surface area contributed by atoms with E-state index in [1.54, 1.807) is 14.2 Å². The monoisotopic (exact) mass is 400 g/mol. The van der Waals surface area contributed by atoms with Crippen molar-refractivity contribution in [2.45, 2.75) is 11.8 Å². The molecule has 0 atom stereocenters. The predicted octanol–water partition coefficient (Wildman–Crippen LogP) is 4.87. The van der Waals surface area contributed by atoms with Crippen molar-refractivity contribution >= 4 is 34.1 Å². The van der Waals surface area contributed by atoms with Crippen LogP contribution in [-0.2, 0) is 4.79 Å². The number of carbonyl (C=O) groups excluding carboxylic acids is 1. The van der Waals surface area contributed by atoms with E-state index in [2.05, 4.69) is 10.3 Å². The number of anilines is 1. The summed E-state index contributed by atoms with van der Waals surface area (Å²) in [5.74, 6) is 1.78. The Labute approximate surface area is 166 Å². The summed E-state index contributed by atoms with van der Waals surface area (Å²) in [6.45, 7) is 2.02. The molecule has 0 saturated carbocycles. The Morgan fingerprint density at radius 2 is 1.93 bits per heavy atom. The first-order valence-electron chi connectivity index (χ1n) is 8.26. The fourth-order valence-electron chi connectivity index (χ4n) is 2.45. The number of amides is 1. The molecule has 3 aromatic rings. The summed E-state index contributed by atoms with van der Waals surface area (Å²) in [4.78, 5) is 17.8. The van der Waals surface area contributed by atoms with Crippen molar-refractivity contribution in [3.05, 3.63) is 53.4 Å². The highest BCUT2D eigenvalue weighted by Gasteiger charge is 2.12. The summed E-state index contributed by atoms with van der Waals surface area (Å²) in [6, 6.07) is 13.6. The van der Waals surface area contributed by atoms with E-state index in [4.69, 9.17) is 9.47 Å². The Morgan fingerprint density at radius 1 is 1.15 bits per heavy atom. The molecule has 1 N–H and O–H groups in total. The average Bonchev–Trinajstić information content (AvgIpc) is 3.15. The fourth-order valence-corrected chi connectivity index (χ4v) is 3.88.